The highest BCUT2D eigenvalue weighted by molar-refractivity contribution is 7.84. The second-order valence-electron chi connectivity index (χ2n) is 6.76. The highest BCUT2D eigenvalue weighted by Crippen LogP contribution is 2.44. The number of nitrogens with zero attached hydrogens (tertiary/aromatic N) is 1. The Morgan fingerprint density at radius 1 is 1.21 bits per heavy atom. The molecule has 1 aliphatic heterocycles. The van der Waals surface area contributed by atoms with E-state index in [1.54, 1.807) is 43.3 Å². The molecule has 0 aliphatic carbocycles. The Hall–Kier alpha value is -2.64. The minimum atomic E-state index is -1.20. The molecule has 0 saturated heterocycles. The van der Waals surface area contributed by atoms with Gasteiger partial charge in [-0.15, -0.1) is 0 Å². The third-order valence-electron chi connectivity index (χ3n) is 4.80. The second kappa shape index (κ2) is 7.41. The average molecular weight is 399 g/mol. The van der Waals surface area contributed by atoms with E-state index in [-0.39, 0.29) is 11.7 Å². The zero-order valence-corrected chi connectivity index (χ0v) is 16.7. The fourth-order valence-corrected chi connectivity index (χ4v) is 4.03. The number of pyridine rings is 1. The number of aryl methyl sites for hydroxylation is 1. The summed E-state index contributed by atoms with van der Waals surface area (Å²) in [6.07, 6.45) is 3.18. The summed E-state index contributed by atoms with van der Waals surface area (Å²) >= 11 is 0. The topological polar surface area (TPSA) is 66.8 Å². The molecule has 2 unspecified atom stereocenters. The molecule has 1 aliphatic rings. The van der Waals surface area contributed by atoms with Gasteiger partial charge in [-0.3, -0.25) is 9.00 Å². The molecule has 1 aromatic heterocycles. The lowest BCUT2D eigenvalue weighted by atomic mass is 9.99. The van der Waals surface area contributed by atoms with Crippen LogP contribution in [0.3, 0.4) is 0 Å². The van der Waals surface area contributed by atoms with Gasteiger partial charge in [0.1, 0.15) is 6.61 Å². The predicted molar refractivity (Wildman–Crippen MR) is 109 cm³/mol. The fraction of sp³-hybridized carbons (Fsp3) is 0.286. The molecule has 6 nitrogen and oxygen atoms in total. The van der Waals surface area contributed by atoms with Crippen molar-refractivity contribution in [2.45, 2.75) is 11.0 Å². The molecule has 0 spiro atoms. The van der Waals surface area contributed by atoms with Crippen LogP contribution in [0.1, 0.15) is 0 Å². The molecule has 0 saturated carbocycles. The van der Waals surface area contributed by atoms with Gasteiger partial charge in [0.15, 0.2) is 17.6 Å². The Labute approximate surface area is 165 Å². The second-order valence-corrected chi connectivity index (χ2v) is 8.14. The van der Waals surface area contributed by atoms with Crippen LogP contribution >= 0.6 is 0 Å². The van der Waals surface area contributed by atoms with Crippen LogP contribution in [-0.2, 0) is 22.6 Å². The Balaban J connectivity index is 1.99. The highest BCUT2D eigenvalue weighted by atomic mass is 32.2. The quantitative estimate of drug-likeness (QED) is 0.675. The van der Waals surface area contributed by atoms with E-state index in [2.05, 4.69) is 0 Å². The maximum absolute atomic E-state index is 12.5. The summed E-state index contributed by atoms with van der Waals surface area (Å²) < 4.78 is 31.0. The van der Waals surface area contributed by atoms with E-state index in [9.17, 15) is 9.00 Å². The first-order valence-electron chi connectivity index (χ1n) is 8.88. The zero-order valence-electron chi connectivity index (χ0n) is 15.9. The van der Waals surface area contributed by atoms with E-state index >= 15 is 0 Å². The van der Waals surface area contributed by atoms with Crippen LogP contribution in [-0.4, -0.2) is 41.5 Å². The van der Waals surface area contributed by atoms with Gasteiger partial charge in [-0.1, -0.05) is 18.2 Å². The lowest BCUT2D eigenvalue weighted by Crippen LogP contribution is -2.33. The third-order valence-corrected chi connectivity index (χ3v) is 5.70. The number of fused-ring (bicyclic) bond motifs is 2. The number of aromatic nitrogens is 1. The van der Waals surface area contributed by atoms with E-state index in [0.717, 1.165) is 16.5 Å². The standard InChI is InChI=1S/C21H21NO5S/c1-22-10-18(15-6-4-5-7-16(15)21(22)23)17-8-14(28(3)24)9-19-20(17)26-12-13(27-19)11-25-2/h4-10,13H,11-12H2,1-3H3. The molecule has 0 N–H and O–H groups in total. The smallest absolute Gasteiger partial charge is 0.258 e. The summed E-state index contributed by atoms with van der Waals surface area (Å²) in [5.41, 5.74) is 1.51. The molecule has 4 rings (SSSR count). The molecular weight excluding hydrogens is 378 g/mol. The average Bonchev–Trinajstić information content (AvgIpc) is 2.70. The van der Waals surface area contributed by atoms with Gasteiger partial charge in [0.2, 0.25) is 0 Å². The number of hydrogen-bond acceptors (Lipinski definition) is 5. The Morgan fingerprint density at radius 2 is 1.96 bits per heavy atom. The van der Waals surface area contributed by atoms with Gasteiger partial charge < -0.3 is 18.8 Å². The van der Waals surface area contributed by atoms with Gasteiger partial charge in [-0.25, -0.2) is 0 Å². The molecule has 28 heavy (non-hydrogen) atoms. The minimum Gasteiger partial charge on any atom is -0.485 e. The van der Waals surface area contributed by atoms with Crippen LogP contribution in [0.4, 0.5) is 0 Å². The summed E-state index contributed by atoms with van der Waals surface area (Å²) in [7, 11) is 2.13. The Kier molecular flexibility index (Phi) is 4.95. The predicted octanol–water partition coefficient (Wildman–Crippen LogP) is 2.73. The van der Waals surface area contributed by atoms with Crippen molar-refractivity contribution >= 4 is 21.6 Å². The molecule has 2 heterocycles. The normalized spacial score (nSPS) is 16.9. The number of methoxy groups -OCH3 is 1. The summed E-state index contributed by atoms with van der Waals surface area (Å²) in [6.45, 7) is 0.753. The number of ether oxygens (including phenoxy) is 3. The summed E-state index contributed by atoms with van der Waals surface area (Å²) in [6, 6.07) is 11.1. The Bertz CT molecular complexity index is 1140. The maximum Gasteiger partial charge on any atom is 0.258 e. The molecule has 2 aromatic carbocycles. The number of hydrogen-bond donors (Lipinski definition) is 0. The van der Waals surface area contributed by atoms with E-state index in [4.69, 9.17) is 14.2 Å². The molecule has 2 atom stereocenters. The van der Waals surface area contributed by atoms with Crippen molar-refractivity contribution in [2.75, 3.05) is 26.6 Å². The highest BCUT2D eigenvalue weighted by Gasteiger charge is 2.26. The van der Waals surface area contributed by atoms with Gasteiger partial charge in [0.25, 0.3) is 5.56 Å². The SMILES string of the molecule is COCC1COc2c(cc(S(C)=O)cc2-c2cn(C)c(=O)c3ccccc23)O1. The molecule has 0 radical (unpaired) electrons. The van der Waals surface area contributed by atoms with Crippen molar-refractivity contribution in [2.24, 2.45) is 7.05 Å². The lowest BCUT2D eigenvalue weighted by Gasteiger charge is -2.28. The van der Waals surface area contributed by atoms with Gasteiger partial charge in [0.05, 0.1) is 6.61 Å². The minimum absolute atomic E-state index is 0.0687. The fourth-order valence-electron chi connectivity index (χ4n) is 3.47. The summed E-state index contributed by atoms with van der Waals surface area (Å²) in [5.74, 6) is 1.12. The van der Waals surface area contributed by atoms with Gasteiger partial charge >= 0.3 is 0 Å². The number of rotatable bonds is 4. The van der Waals surface area contributed by atoms with Crippen molar-refractivity contribution in [1.82, 2.24) is 4.57 Å². The van der Waals surface area contributed by atoms with Crippen molar-refractivity contribution in [3.8, 4) is 22.6 Å². The monoisotopic (exact) mass is 399 g/mol. The summed E-state index contributed by atoms with van der Waals surface area (Å²) in [5, 5.41) is 1.43. The van der Waals surface area contributed by atoms with Crippen molar-refractivity contribution in [3.63, 3.8) is 0 Å². The van der Waals surface area contributed by atoms with Crippen LogP contribution in [0, 0.1) is 0 Å². The van der Waals surface area contributed by atoms with Crippen LogP contribution in [0.5, 0.6) is 11.5 Å². The largest absolute Gasteiger partial charge is 0.485 e. The first kappa shape index (κ1) is 18.7. The number of benzene rings is 2. The first-order chi connectivity index (χ1) is 13.5. The van der Waals surface area contributed by atoms with E-state index < -0.39 is 10.8 Å². The van der Waals surface area contributed by atoms with Gasteiger partial charge in [0, 0.05) is 64.9 Å². The van der Waals surface area contributed by atoms with E-state index in [1.165, 1.54) is 0 Å². The first-order valence-corrected chi connectivity index (χ1v) is 10.4. The van der Waals surface area contributed by atoms with Gasteiger partial charge in [-0.05, 0) is 17.5 Å². The van der Waals surface area contributed by atoms with E-state index in [0.29, 0.717) is 35.0 Å². The van der Waals surface area contributed by atoms with Crippen LogP contribution in [0.2, 0.25) is 0 Å². The van der Waals surface area contributed by atoms with Crippen LogP contribution in [0.25, 0.3) is 21.9 Å². The molecule has 0 amide bonds. The van der Waals surface area contributed by atoms with Crippen LogP contribution < -0.4 is 15.0 Å². The lowest BCUT2D eigenvalue weighted by molar-refractivity contribution is 0.0273. The van der Waals surface area contributed by atoms with Crippen LogP contribution in [0.15, 0.2) is 52.3 Å². The van der Waals surface area contributed by atoms with Crippen molar-refractivity contribution < 1.29 is 18.4 Å². The van der Waals surface area contributed by atoms with E-state index in [1.807, 2.05) is 24.3 Å². The molecule has 3 aromatic rings. The molecule has 7 heteroatoms. The molecule has 146 valence electrons. The molecular formula is C21H21NO5S. The summed E-state index contributed by atoms with van der Waals surface area (Å²) in [4.78, 5) is 13.2. The Morgan fingerprint density at radius 3 is 2.68 bits per heavy atom. The molecule has 0 bridgehead atoms. The van der Waals surface area contributed by atoms with Crippen molar-refractivity contribution in [1.29, 1.82) is 0 Å². The van der Waals surface area contributed by atoms with Gasteiger partial charge in [-0.2, -0.15) is 0 Å². The molecule has 0 fully saturated rings. The zero-order chi connectivity index (χ0) is 19.8. The van der Waals surface area contributed by atoms with Crippen molar-refractivity contribution in [3.05, 3.63) is 52.9 Å². The third kappa shape index (κ3) is 3.21. The maximum atomic E-state index is 12.5.